The molecule has 3 nitrogen and oxygen atoms in total. The summed E-state index contributed by atoms with van der Waals surface area (Å²) in [7, 11) is 0. The number of rotatable bonds is 6. The largest absolute Gasteiger partial charge is 0.463 e. The fraction of sp³-hybridized carbons (Fsp3) is 0.900. The molecular formula is C10H20O3. The molecule has 13 heavy (non-hydrogen) atoms. The Hall–Kier alpha value is -0.570. The van der Waals surface area contributed by atoms with Gasteiger partial charge < -0.3 is 9.47 Å². The molecule has 0 aromatic heterocycles. The molecule has 3 heteroatoms. The summed E-state index contributed by atoms with van der Waals surface area (Å²) >= 11 is 0. The first-order valence-electron chi connectivity index (χ1n) is 4.86. The van der Waals surface area contributed by atoms with Crippen LogP contribution in [0.1, 0.15) is 34.1 Å². The Kier molecular flexibility index (Phi) is 6.59. The summed E-state index contributed by atoms with van der Waals surface area (Å²) in [6.45, 7) is 8.59. The van der Waals surface area contributed by atoms with Crippen LogP contribution in [0, 0.1) is 5.92 Å². The van der Waals surface area contributed by atoms with Crippen molar-refractivity contribution in [1.82, 2.24) is 0 Å². The fourth-order valence-corrected chi connectivity index (χ4v) is 0.735. The topological polar surface area (TPSA) is 35.5 Å². The van der Waals surface area contributed by atoms with E-state index in [0.29, 0.717) is 13.2 Å². The predicted octanol–water partition coefficient (Wildman–Crippen LogP) is 2.00. The molecule has 0 radical (unpaired) electrons. The molecule has 0 aliphatic carbocycles. The summed E-state index contributed by atoms with van der Waals surface area (Å²) in [6.07, 6.45) is 1.02. The second kappa shape index (κ2) is 6.89. The van der Waals surface area contributed by atoms with E-state index < -0.39 is 0 Å². The maximum atomic E-state index is 11.1. The molecule has 0 saturated heterocycles. The summed E-state index contributed by atoms with van der Waals surface area (Å²) in [6, 6.07) is 0. The lowest BCUT2D eigenvalue weighted by Gasteiger charge is -2.10. The van der Waals surface area contributed by atoms with E-state index in [4.69, 9.17) is 9.47 Å². The Morgan fingerprint density at radius 3 is 2.31 bits per heavy atom. The Morgan fingerprint density at radius 1 is 1.23 bits per heavy atom. The van der Waals surface area contributed by atoms with Gasteiger partial charge in [-0.15, -0.1) is 0 Å². The second-order valence-electron chi connectivity index (χ2n) is 3.40. The second-order valence-corrected chi connectivity index (χ2v) is 3.40. The van der Waals surface area contributed by atoms with Crippen LogP contribution in [-0.4, -0.2) is 25.3 Å². The van der Waals surface area contributed by atoms with E-state index in [1.807, 2.05) is 27.7 Å². The highest BCUT2D eigenvalue weighted by molar-refractivity contribution is 5.71. The van der Waals surface area contributed by atoms with Crippen molar-refractivity contribution in [3.8, 4) is 0 Å². The van der Waals surface area contributed by atoms with Gasteiger partial charge in [0, 0.05) is 0 Å². The lowest BCUT2D eigenvalue weighted by Crippen LogP contribution is -2.18. The first kappa shape index (κ1) is 12.4. The number of esters is 1. The Bertz CT molecular complexity index is 143. The lowest BCUT2D eigenvalue weighted by molar-refractivity contribution is -0.150. The summed E-state index contributed by atoms with van der Waals surface area (Å²) in [5.41, 5.74) is 0. The van der Waals surface area contributed by atoms with Crippen LogP contribution in [-0.2, 0) is 14.3 Å². The highest BCUT2D eigenvalue weighted by Gasteiger charge is 2.11. The van der Waals surface area contributed by atoms with E-state index in [1.54, 1.807) is 0 Å². The first-order valence-corrected chi connectivity index (χ1v) is 4.86. The quantitative estimate of drug-likeness (QED) is 0.472. The molecule has 0 N–H and O–H groups in total. The van der Waals surface area contributed by atoms with Crippen molar-refractivity contribution in [1.29, 1.82) is 0 Å². The van der Waals surface area contributed by atoms with Crippen molar-refractivity contribution in [3.05, 3.63) is 0 Å². The maximum absolute atomic E-state index is 11.1. The molecule has 0 aliphatic rings. The Balaban J connectivity index is 3.37. The third-order valence-electron chi connectivity index (χ3n) is 1.79. The van der Waals surface area contributed by atoms with Crippen LogP contribution in [0.2, 0.25) is 0 Å². The van der Waals surface area contributed by atoms with Crippen LogP contribution in [0.25, 0.3) is 0 Å². The lowest BCUT2D eigenvalue weighted by atomic mass is 10.1. The van der Waals surface area contributed by atoms with E-state index >= 15 is 0 Å². The van der Waals surface area contributed by atoms with Crippen molar-refractivity contribution in [3.63, 3.8) is 0 Å². The molecule has 0 aromatic rings. The highest BCUT2D eigenvalue weighted by Crippen LogP contribution is 2.02. The zero-order valence-electron chi connectivity index (χ0n) is 9.00. The standard InChI is InChI=1S/C10H20O3/c1-5-9(4)10(11)13-7-6-12-8(2)3/h8-9H,5-7H2,1-4H3. The van der Waals surface area contributed by atoms with Crippen molar-refractivity contribution >= 4 is 5.97 Å². The summed E-state index contributed by atoms with van der Waals surface area (Å²) < 4.78 is 10.2. The Morgan fingerprint density at radius 2 is 1.85 bits per heavy atom. The minimum absolute atomic E-state index is 0.000880. The molecular weight excluding hydrogens is 168 g/mol. The minimum atomic E-state index is -0.130. The van der Waals surface area contributed by atoms with Gasteiger partial charge in [-0.3, -0.25) is 4.79 Å². The molecule has 1 atom stereocenters. The predicted molar refractivity (Wildman–Crippen MR) is 51.5 cm³/mol. The zero-order valence-corrected chi connectivity index (χ0v) is 9.00. The van der Waals surface area contributed by atoms with Crippen LogP contribution < -0.4 is 0 Å². The molecule has 0 rings (SSSR count). The number of carbonyl (C=O) groups excluding carboxylic acids is 1. The summed E-state index contributed by atoms with van der Waals surface area (Å²) in [5, 5.41) is 0. The number of ether oxygens (including phenoxy) is 2. The number of hydrogen-bond acceptors (Lipinski definition) is 3. The fourth-order valence-electron chi connectivity index (χ4n) is 0.735. The van der Waals surface area contributed by atoms with Gasteiger partial charge in [0.05, 0.1) is 18.6 Å². The van der Waals surface area contributed by atoms with Crippen molar-refractivity contribution in [2.24, 2.45) is 5.92 Å². The molecule has 0 spiro atoms. The van der Waals surface area contributed by atoms with Crippen molar-refractivity contribution in [2.75, 3.05) is 13.2 Å². The smallest absolute Gasteiger partial charge is 0.308 e. The third-order valence-corrected chi connectivity index (χ3v) is 1.79. The van der Waals surface area contributed by atoms with Crippen LogP contribution in [0.15, 0.2) is 0 Å². The average Bonchev–Trinajstić information content (AvgIpc) is 2.10. The normalized spacial score (nSPS) is 13.0. The van der Waals surface area contributed by atoms with Gasteiger partial charge in [-0.2, -0.15) is 0 Å². The average molecular weight is 188 g/mol. The van der Waals surface area contributed by atoms with Gasteiger partial charge in [0.25, 0.3) is 0 Å². The molecule has 78 valence electrons. The zero-order chi connectivity index (χ0) is 10.3. The van der Waals surface area contributed by atoms with E-state index in [9.17, 15) is 4.79 Å². The molecule has 0 bridgehead atoms. The van der Waals surface area contributed by atoms with Gasteiger partial charge in [-0.05, 0) is 20.3 Å². The summed E-state index contributed by atoms with van der Waals surface area (Å²) in [4.78, 5) is 11.1. The van der Waals surface area contributed by atoms with Gasteiger partial charge in [-0.1, -0.05) is 13.8 Å². The summed E-state index contributed by atoms with van der Waals surface area (Å²) in [5.74, 6) is -0.131. The number of carbonyl (C=O) groups is 1. The monoisotopic (exact) mass is 188 g/mol. The van der Waals surface area contributed by atoms with Gasteiger partial charge in [0.2, 0.25) is 0 Å². The molecule has 0 heterocycles. The van der Waals surface area contributed by atoms with Crippen LogP contribution >= 0.6 is 0 Å². The van der Waals surface area contributed by atoms with Gasteiger partial charge in [0.15, 0.2) is 0 Å². The third kappa shape index (κ3) is 6.58. The minimum Gasteiger partial charge on any atom is -0.463 e. The molecule has 0 saturated carbocycles. The maximum Gasteiger partial charge on any atom is 0.308 e. The van der Waals surface area contributed by atoms with Gasteiger partial charge >= 0.3 is 5.97 Å². The van der Waals surface area contributed by atoms with Gasteiger partial charge in [-0.25, -0.2) is 0 Å². The van der Waals surface area contributed by atoms with Crippen LogP contribution in [0.3, 0.4) is 0 Å². The molecule has 1 unspecified atom stereocenters. The van der Waals surface area contributed by atoms with E-state index in [1.165, 1.54) is 0 Å². The van der Waals surface area contributed by atoms with E-state index in [2.05, 4.69) is 0 Å². The van der Waals surface area contributed by atoms with Crippen LogP contribution in [0.4, 0.5) is 0 Å². The van der Waals surface area contributed by atoms with Crippen LogP contribution in [0.5, 0.6) is 0 Å². The Labute approximate surface area is 80.4 Å². The van der Waals surface area contributed by atoms with Crippen molar-refractivity contribution in [2.45, 2.75) is 40.2 Å². The molecule has 0 fully saturated rings. The van der Waals surface area contributed by atoms with Gasteiger partial charge in [0.1, 0.15) is 6.61 Å². The first-order chi connectivity index (χ1) is 6.07. The van der Waals surface area contributed by atoms with Crippen molar-refractivity contribution < 1.29 is 14.3 Å². The molecule has 0 amide bonds. The SMILES string of the molecule is CCC(C)C(=O)OCCOC(C)C. The van der Waals surface area contributed by atoms with E-state index in [-0.39, 0.29) is 18.0 Å². The highest BCUT2D eigenvalue weighted by atomic mass is 16.6. The molecule has 0 aromatic carbocycles. The number of hydrogen-bond donors (Lipinski definition) is 0. The van der Waals surface area contributed by atoms with E-state index in [0.717, 1.165) is 6.42 Å². The molecule has 0 aliphatic heterocycles.